The van der Waals surface area contributed by atoms with Gasteiger partial charge in [0.15, 0.2) is 0 Å². The Hall–Kier alpha value is -0.610. The van der Waals surface area contributed by atoms with Gasteiger partial charge in [-0.2, -0.15) is 0 Å². The molecule has 2 unspecified atom stereocenters. The van der Waals surface area contributed by atoms with Crippen molar-refractivity contribution < 1.29 is 9.90 Å². The number of carbonyl (C=O) groups is 1. The molecule has 21 heavy (non-hydrogen) atoms. The summed E-state index contributed by atoms with van der Waals surface area (Å²) in [5, 5.41) is 12.9. The summed E-state index contributed by atoms with van der Waals surface area (Å²) in [6.45, 7) is 9.69. The van der Waals surface area contributed by atoms with Crippen molar-refractivity contribution >= 4 is 5.97 Å². The molecule has 4 heteroatoms. The van der Waals surface area contributed by atoms with E-state index in [9.17, 15) is 9.90 Å². The lowest BCUT2D eigenvalue weighted by Gasteiger charge is -2.47. The highest BCUT2D eigenvalue weighted by Crippen LogP contribution is 2.38. The largest absolute Gasteiger partial charge is 0.480 e. The van der Waals surface area contributed by atoms with E-state index in [1.165, 1.54) is 19.3 Å². The van der Waals surface area contributed by atoms with Crippen molar-refractivity contribution in [2.24, 2.45) is 5.41 Å². The van der Waals surface area contributed by atoms with Crippen LogP contribution < -0.4 is 5.32 Å². The normalized spacial score (nSPS) is 33.8. The lowest BCUT2D eigenvalue weighted by atomic mass is 9.75. The fraction of sp³-hybridized carbons (Fsp3) is 0.941. The maximum Gasteiger partial charge on any atom is 0.323 e. The van der Waals surface area contributed by atoms with E-state index >= 15 is 0 Å². The van der Waals surface area contributed by atoms with Crippen LogP contribution in [0.15, 0.2) is 0 Å². The third-order valence-corrected chi connectivity index (χ3v) is 6.02. The van der Waals surface area contributed by atoms with Gasteiger partial charge in [0.1, 0.15) is 5.54 Å². The van der Waals surface area contributed by atoms with Crippen LogP contribution in [0.3, 0.4) is 0 Å². The number of piperidine rings is 1. The maximum atomic E-state index is 11.8. The van der Waals surface area contributed by atoms with E-state index in [0.29, 0.717) is 11.5 Å². The number of likely N-dealkylation sites (N-methyl/N-ethyl adjacent to an activating group) is 1. The lowest BCUT2D eigenvalue weighted by Crippen LogP contribution is -2.59. The number of rotatable bonds is 5. The van der Waals surface area contributed by atoms with Crippen LogP contribution in [0.4, 0.5) is 0 Å². The monoisotopic (exact) mass is 296 g/mol. The molecule has 0 radical (unpaired) electrons. The van der Waals surface area contributed by atoms with Gasteiger partial charge in [-0.25, -0.2) is 0 Å². The summed E-state index contributed by atoms with van der Waals surface area (Å²) < 4.78 is 0. The predicted molar refractivity (Wildman–Crippen MR) is 85.5 cm³/mol. The van der Waals surface area contributed by atoms with Crippen molar-refractivity contribution in [2.75, 3.05) is 19.6 Å². The Morgan fingerprint density at radius 3 is 2.48 bits per heavy atom. The van der Waals surface area contributed by atoms with E-state index in [1.807, 2.05) is 6.92 Å². The summed E-state index contributed by atoms with van der Waals surface area (Å²) in [4.78, 5) is 14.3. The zero-order valence-electron chi connectivity index (χ0n) is 14.0. The number of likely N-dealkylation sites (tertiary alicyclic amines) is 1. The summed E-state index contributed by atoms with van der Waals surface area (Å²) in [5.41, 5.74) is -0.195. The van der Waals surface area contributed by atoms with Crippen LogP contribution in [-0.2, 0) is 4.79 Å². The van der Waals surface area contributed by atoms with Crippen LogP contribution in [-0.4, -0.2) is 47.2 Å². The molecule has 2 aliphatic rings. The van der Waals surface area contributed by atoms with Gasteiger partial charge in [0, 0.05) is 6.04 Å². The van der Waals surface area contributed by atoms with Gasteiger partial charge >= 0.3 is 5.97 Å². The third kappa shape index (κ3) is 3.59. The van der Waals surface area contributed by atoms with Crippen molar-refractivity contribution in [3.8, 4) is 0 Å². The first-order valence-electron chi connectivity index (χ1n) is 8.67. The smallest absolute Gasteiger partial charge is 0.323 e. The molecule has 2 N–H and O–H groups in total. The van der Waals surface area contributed by atoms with Crippen LogP contribution in [0.25, 0.3) is 0 Å². The highest BCUT2D eigenvalue weighted by molar-refractivity contribution is 5.79. The molecule has 0 bridgehead atoms. The van der Waals surface area contributed by atoms with Crippen molar-refractivity contribution in [3.63, 3.8) is 0 Å². The van der Waals surface area contributed by atoms with E-state index in [2.05, 4.69) is 24.1 Å². The van der Waals surface area contributed by atoms with E-state index < -0.39 is 11.5 Å². The molecule has 1 aliphatic carbocycles. The second-order valence-electron chi connectivity index (χ2n) is 7.37. The Labute approximate surface area is 129 Å². The van der Waals surface area contributed by atoms with E-state index in [0.717, 1.165) is 45.3 Å². The third-order valence-electron chi connectivity index (χ3n) is 6.02. The summed E-state index contributed by atoms with van der Waals surface area (Å²) in [6, 6.07) is 0.440. The predicted octanol–water partition coefficient (Wildman–Crippen LogP) is 2.87. The number of hydrogen-bond acceptors (Lipinski definition) is 3. The van der Waals surface area contributed by atoms with Crippen LogP contribution in [0.5, 0.6) is 0 Å². The van der Waals surface area contributed by atoms with Gasteiger partial charge in [-0.3, -0.25) is 4.79 Å². The Kier molecular flexibility index (Phi) is 5.31. The summed E-state index contributed by atoms with van der Waals surface area (Å²) in [5.74, 6) is -0.663. The number of nitrogens with one attached hydrogen (secondary N) is 1. The summed E-state index contributed by atoms with van der Waals surface area (Å²) >= 11 is 0. The van der Waals surface area contributed by atoms with Crippen LogP contribution in [0, 0.1) is 5.41 Å². The molecule has 2 rings (SSSR count). The fourth-order valence-corrected chi connectivity index (χ4v) is 4.11. The van der Waals surface area contributed by atoms with E-state index in [4.69, 9.17) is 0 Å². The second-order valence-corrected chi connectivity index (χ2v) is 7.37. The average Bonchev–Trinajstić information content (AvgIpc) is 2.48. The van der Waals surface area contributed by atoms with Gasteiger partial charge < -0.3 is 15.3 Å². The number of hydrogen-bond donors (Lipinski definition) is 2. The van der Waals surface area contributed by atoms with Gasteiger partial charge in [-0.1, -0.05) is 27.2 Å². The SMILES string of the molecule is CCNC1(C(=O)O)CCCC(N2CCC(C)(CC)CC2)C1. The molecule has 1 saturated heterocycles. The minimum atomic E-state index is -0.691. The number of carboxylic acids is 1. The topological polar surface area (TPSA) is 52.6 Å². The molecule has 0 aromatic carbocycles. The standard InChI is InChI=1S/C17H32N2O2/c1-4-16(3)9-11-19(12-10-16)14-7-6-8-17(13-14,15(20)21)18-5-2/h14,18H,4-13H2,1-3H3,(H,20,21). The second kappa shape index (κ2) is 6.66. The van der Waals surface area contributed by atoms with Crippen molar-refractivity contribution in [1.82, 2.24) is 10.2 Å². The molecule has 1 heterocycles. The molecule has 2 atom stereocenters. The van der Waals surface area contributed by atoms with Gasteiger partial charge in [0.2, 0.25) is 0 Å². The maximum absolute atomic E-state index is 11.8. The molecule has 2 fully saturated rings. The molecule has 0 aromatic heterocycles. The minimum Gasteiger partial charge on any atom is -0.480 e. The number of nitrogens with zero attached hydrogens (tertiary/aromatic N) is 1. The van der Waals surface area contributed by atoms with Crippen molar-refractivity contribution in [1.29, 1.82) is 0 Å². The minimum absolute atomic E-state index is 0.440. The molecular formula is C17H32N2O2. The molecule has 0 amide bonds. The van der Waals surface area contributed by atoms with Gasteiger partial charge in [0.25, 0.3) is 0 Å². The van der Waals surface area contributed by atoms with E-state index in [-0.39, 0.29) is 0 Å². The first-order valence-corrected chi connectivity index (χ1v) is 8.67. The van der Waals surface area contributed by atoms with E-state index in [1.54, 1.807) is 0 Å². The highest BCUT2D eigenvalue weighted by atomic mass is 16.4. The summed E-state index contributed by atoms with van der Waals surface area (Å²) in [7, 11) is 0. The Balaban J connectivity index is 2.00. The quantitative estimate of drug-likeness (QED) is 0.819. The summed E-state index contributed by atoms with van der Waals surface area (Å²) in [6.07, 6.45) is 7.46. The molecule has 0 aromatic rings. The Morgan fingerprint density at radius 1 is 1.29 bits per heavy atom. The Morgan fingerprint density at radius 2 is 1.95 bits per heavy atom. The van der Waals surface area contributed by atoms with Crippen molar-refractivity contribution in [2.45, 2.75) is 77.3 Å². The van der Waals surface area contributed by atoms with Gasteiger partial charge in [0.05, 0.1) is 0 Å². The van der Waals surface area contributed by atoms with Gasteiger partial charge in [-0.05, 0) is 63.6 Å². The first kappa shape index (κ1) is 16.8. The van der Waals surface area contributed by atoms with Crippen LogP contribution in [0.2, 0.25) is 0 Å². The molecule has 0 spiro atoms. The Bertz CT molecular complexity index is 360. The molecule has 1 aliphatic heterocycles. The number of carboxylic acid groups (broad SMARTS) is 1. The first-order chi connectivity index (χ1) is 9.95. The van der Waals surface area contributed by atoms with Crippen molar-refractivity contribution in [3.05, 3.63) is 0 Å². The van der Waals surface area contributed by atoms with Gasteiger partial charge in [-0.15, -0.1) is 0 Å². The molecule has 4 nitrogen and oxygen atoms in total. The lowest BCUT2D eigenvalue weighted by molar-refractivity contribution is -0.147. The van der Waals surface area contributed by atoms with Crippen LogP contribution in [0.1, 0.15) is 65.7 Å². The zero-order valence-corrected chi connectivity index (χ0v) is 14.0. The zero-order chi connectivity index (χ0) is 15.5. The average molecular weight is 296 g/mol. The number of aliphatic carboxylic acids is 1. The molecule has 122 valence electrons. The molecular weight excluding hydrogens is 264 g/mol. The molecule has 1 saturated carbocycles. The van der Waals surface area contributed by atoms with Crippen LogP contribution >= 0.6 is 0 Å². The fourth-order valence-electron chi connectivity index (χ4n) is 4.11. The highest BCUT2D eigenvalue weighted by Gasteiger charge is 2.44.